The van der Waals surface area contributed by atoms with E-state index < -0.39 is 0 Å². The van der Waals surface area contributed by atoms with Gasteiger partial charge in [0, 0.05) is 6.04 Å². The van der Waals surface area contributed by atoms with E-state index in [1.165, 1.54) is 22.3 Å². The second kappa shape index (κ2) is 6.03. The van der Waals surface area contributed by atoms with Crippen molar-refractivity contribution in [1.82, 2.24) is 0 Å². The lowest BCUT2D eigenvalue weighted by atomic mass is 9.95. The molecular formula is C18H23N. The highest BCUT2D eigenvalue weighted by Gasteiger charge is 2.08. The molecule has 2 aromatic rings. The monoisotopic (exact) mass is 253 g/mol. The van der Waals surface area contributed by atoms with Crippen LogP contribution in [0.3, 0.4) is 0 Å². The Labute approximate surface area is 116 Å². The minimum atomic E-state index is 0.241. The van der Waals surface area contributed by atoms with Crippen LogP contribution in [0.5, 0.6) is 0 Å². The summed E-state index contributed by atoms with van der Waals surface area (Å²) in [5.41, 5.74) is 11.3. The van der Waals surface area contributed by atoms with Gasteiger partial charge in [0.1, 0.15) is 0 Å². The predicted molar refractivity (Wildman–Crippen MR) is 83.1 cm³/mol. The van der Waals surface area contributed by atoms with Crippen LogP contribution in [0.1, 0.15) is 25.0 Å². The lowest BCUT2D eigenvalue weighted by Crippen LogP contribution is -2.28. The Hall–Kier alpha value is -1.60. The van der Waals surface area contributed by atoms with Crippen LogP contribution in [0, 0.1) is 12.8 Å². The van der Waals surface area contributed by atoms with Crippen LogP contribution in [-0.2, 0) is 6.42 Å². The fourth-order valence-electron chi connectivity index (χ4n) is 2.17. The van der Waals surface area contributed by atoms with Crippen LogP contribution in [0.2, 0.25) is 0 Å². The van der Waals surface area contributed by atoms with Crippen molar-refractivity contribution in [3.8, 4) is 11.1 Å². The third kappa shape index (κ3) is 3.68. The van der Waals surface area contributed by atoms with Gasteiger partial charge in [-0.15, -0.1) is 0 Å². The van der Waals surface area contributed by atoms with Crippen molar-refractivity contribution in [2.75, 3.05) is 0 Å². The molecule has 2 N–H and O–H groups in total. The van der Waals surface area contributed by atoms with Crippen LogP contribution in [0.15, 0.2) is 48.5 Å². The number of benzene rings is 2. The van der Waals surface area contributed by atoms with Crippen LogP contribution in [0.25, 0.3) is 11.1 Å². The Morgan fingerprint density at radius 3 is 2.21 bits per heavy atom. The second-order valence-corrected chi connectivity index (χ2v) is 5.68. The zero-order chi connectivity index (χ0) is 13.8. The minimum Gasteiger partial charge on any atom is -0.327 e. The maximum Gasteiger partial charge on any atom is 0.0102 e. The summed E-state index contributed by atoms with van der Waals surface area (Å²) in [6.07, 6.45) is 0.950. The average molecular weight is 253 g/mol. The van der Waals surface area contributed by atoms with E-state index in [9.17, 15) is 0 Å². The summed E-state index contributed by atoms with van der Waals surface area (Å²) >= 11 is 0. The van der Waals surface area contributed by atoms with E-state index in [0.717, 1.165) is 6.42 Å². The summed E-state index contributed by atoms with van der Waals surface area (Å²) in [6, 6.07) is 17.6. The fourth-order valence-corrected chi connectivity index (χ4v) is 2.17. The molecule has 100 valence electrons. The van der Waals surface area contributed by atoms with Gasteiger partial charge in [-0.25, -0.2) is 0 Å². The molecule has 2 aromatic carbocycles. The molecule has 2 rings (SSSR count). The van der Waals surface area contributed by atoms with Gasteiger partial charge in [0.25, 0.3) is 0 Å². The Morgan fingerprint density at radius 2 is 1.63 bits per heavy atom. The Kier molecular flexibility index (Phi) is 4.39. The normalized spacial score (nSPS) is 12.7. The molecule has 0 saturated carbocycles. The zero-order valence-electron chi connectivity index (χ0n) is 12.1. The lowest BCUT2D eigenvalue weighted by molar-refractivity contribution is 0.490. The van der Waals surface area contributed by atoms with Crippen molar-refractivity contribution >= 4 is 0 Å². The molecule has 1 unspecified atom stereocenters. The molecule has 0 amide bonds. The highest BCUT2D eigenvalue weighted by molar-refractivity contribution is 5.64. The Balaban J connectivity index is 2.14. The molecule has 0 fully saturated rings. The van der Waals surface area contributed by atoms with Gasteiger partial charge >= 0.3 is 0 Å². The summed E-state index contributed by atoms with van der Waals surface area (Å²) in [5.74, 6) is 0.524. The molecule has 0 aliphatic carbocycles. The molecule has 19 heavy (non-hydrogen) atoms. The van der Waals surface area contributed by atoms with Crippen LogP contribution in [0.4, 0.5) is 0 Å². The van der Waals surface area contributed by atoms with E-state index in [1.807, 2.05) is 0 Å². The molecule has 1 heteroatoms. The van der Waals surface area contributed by atoms with Crippen molar-refractivity contribution in [2.45, 2.75) is 33.2 Å². The SMILES string of the molecule is Cc1cccc(-c2ccc(CC(N)C(C)C)cc2)c1. The van der Waals surface area contributed by atoms with E-state index in [1.54, 1.807) is 0 Å². The molecule has 0 radical (unpaired) electrons. The molecule has 0 saturated heterocycles. The number of nitrogens with two attached hydrogens (primary N) is 1. The topological polar surface area (TPSA) is 26.0 Å². The molecule has 0 aliphatic rings. The first kappa shape index (κ1) is 13.8. The molecule has 0 spiro atoms. The highest BCUT2D eigenvalue weighted by Crippen LogP contribution is 2.21. The van der Waals surface area contributed by atoms with Gasteiger partial charge in [-0.2, -0.15) is 0 Å². The smallest absolute Gasteiger partial charge is 0.0102 e. The van der Waals surface area contributed by atoms with E-state index in [2.05, 4.69) is 69.3 Å². The lowest BCUT2D eigenvalue weighted by Gasteiger charge is -2.15. The number of hydrogen-bond acceptors (Lipinski definition) is 1. The van der Waals surface area contributed by atoms with E-state index in [-0.39, 0.29) is 6.04 Å². The van der Waals surface area contributed by atoms with E-state index in [4.69, 9.17) is 5.73 Å². The molecular weight excluding hydrogens is 230 g/mol. The van der Waals surface area contributed by atoms with Crippen molar-refractivity contribution in [3.05, 3.63) is 59.7 Å². The molecule has 0 aromatic heterocycles. The summed E-state index contributed by atoms with van der Waals surface area (Å²) in [5, 5.41) is 0. The van der Waals surface area contributed by atoms with Gasteiger partial charge in [-0.1, -0.05) is 67.9 Å². The van der Waals surface area contributed by atoms with Crippen LogP contribution in [-0.4, -0.2) is 6.04 Å². The van der Waals surface area contributed by atoms with Gasteiger partial charge < -0.3 is 5.73 Å². The number of hydrogen-bond donors (Lipinski definition) is 1. The maximum atomic E-state index is 6.12. The first-order chi connectivity index (χ1) is 9.06. The quantitative estimate of drug-likeness (QED) is 0.868. The van der Waals surface area contributed by atoms with Crippen molar-refractivity contribution in [2.24, 2.45) is 11.7 Å². The first-order valence-corrected chi connectivity index (χ1v) is 6.98. The summed E-state index contributed by atoms with van der Waals surface area (Å²) in [4.78, 5) is 0. The highest BCUT2D eigenvalue weighted by atomic mass is 14.6. The maximum absolute atomic E-state index is 6.12. The van der Waals surface area contributed by atoms with Crippen molar-refractivity contribution in [3.63, 3.8) is 0 Å². The number of rotatable bonds is 4. The molecule has 1 atom stereocenters. The van der Waals surface area contributed by atoms with Gasteiger partial charge in [0.05, 0.1) is 0 Å². The standard InChI is InChI=1S/C18H23N/c1-13(2)18(19)12-15-7-9-16(10-8-15)17-6-4-5-14(3)11-17/h4-11,13,18H,12,19H2,1-3H3. The van der Waals surface area contributed by atoms with Crippen LogP contribution >= 0.6 is 0 Å². The van der Waals surface area contributed by atoms with Gasteiger partial charge in [-0.05, 0) is 36.0 Å². The summed E-state index contributed by atoms with van der Waals surface area (Å²) < 4.78 is 0. The van der Waals surface area contributed by atoms with Gasteiger partial charge in [0.15, 0.2) is 0 Å². The molecule has 1 nitrogen and oxygen atoms in total. The fraction of sp³-hybridized carbons (Fsp3) is 0.333. The molecule has 0 aliphatic heterocycles. The van der Waals surface area contributed by atoms with Crippen LogP contribution < -0.4 is 5.73 Å². The second-order valence-electron chi connectivity index (χ2n) is 5.68. The third-order valence-corrected chi connectivity index (χ3v) is 3.63. The van der Waals surface area contributed by atoms with Gasteiger partial charge in [0.2, 0.25) is 0 Å². The predicted octanol–water partition coefficient (Wildman–Crippen LogP) is 4.19. The summed E-state index contributed by atoms with van der Waals surface area (Å²) in [7, 11) is 0. The Bertz CT molecular complexity index is 526. The summed E-state index contributed by atoms with van der Waals surface area (Å²) in [6.45, 7) is 6.47. The Morgan fingerprint density at radius 1 is 0.947 bits per heavy atom. The zero-order valence-corrected chi connectivity index (χ0v) is 12.1. The van der Waals surface area contributed by atoms with E-state index >= 15 is 0 Å². The van der Waals surface area contributed by atoms with Crippen molar-refractivity contribution < 1.29 is 0 Å². The molecule has 0 heterocycles. The minimum absolute atomic E-state index is 0.241. The average Bonchev–Trinajstić information content (AvgIpc) is 2.39. The third-order valence-electron chi connectivity index (χ3n) is 3.63. The first-order valence-electron chi connectivity index (χ1n) is 6.98. The van der Waals surface area contributed by atoms with E-state index in [0.29, 0.717) is 5.92 Å². The van der Waals surface area contributed by atoms with Gasteiger partial charge in [-0.3, -0.25) is 0 Å². The largest absolute Gasteiger partial charge is 0.327 e. The number of aryl methyl sites for hydroxylation is 1. The molecule has 0 bridgehead atoms. The van der Waals surface area contributed by atoms with Crippen molar-refractivity contribution in [1.29, 1.82) is 0 Å².